The Hall–Kier alpha value is -1.63. The molecule has 0 amide bonds. The lowest BCUT2D eigenvalue weighted by Crippen LogP contribution is -2.46. The van der Waals surface area contributed by atoms with Crippen molar-refractivity contribution in [2.75, 3.05) is 20.1 Å². The Morgan fingerprint density at radius 1 is 1.36 bits per heavy atom. The monoisotopic (exact) mass is 307 g/mol. The summed E-state index contributed by atoms with van der Waals surface area (Å²) in [5.41, 5.74) is 0. The minimum Gasteiger partial charge on any atom is -0.352 e. The average Bonchev–Trinajstić information content (AvgIpc) is 3.00. The number of aliphatic imine (C=N–C) groups is 1. The molecule has 1 fully saturated rings. The molecule has 2 rings (SSSR count). The Bertz CT molecular complexity index is 520. The molecule has 1 aromatic heterocycles. The van der Waals surface area contributed by atoms with E-state index in [-0.39, 0.29) is 0 Å². The fourth-order valence-electron chi connectivity index (χ4n) is 2.75. The van der Waals surface area contributed by atoms with Crippen molar-refractivity contribution in [3.8, 4) is 0 Å². The molecule has 7 nitrogen and oxygen atoms in total. The predicted molar refractivity (Wildman–Crippen MR) is 88.7 cm³/mol. The summed E-state index contributed by atoms with van der Waals surface area (Å²) in [6, 6.07) is 1.01. The van der Waals surface area contributed by atoms with E-state index < -0.39 is 0 Å². The lowest BCUT2D eigenvalue weighted by atomic mass is 10.1. The second kappa shape index (κ2) is 7.09. The van der Waals surface area contributed by atoms with Crippen molar-refractivity contribution in [2.45, 2.75) is 46.3 Å². The van der Waals surface area contributed by atoms with E-state index in [1.165, 1.54) is 0 Å². The van der Waals surface area contributed by atoms with Gasteiger partial charge in [0.1, 0.15) is 5.82 Å². The summed E-state index contributed by atoms with van der Waals surface area (Å²) in [5, 5.41) is 15.1. The molecule has 124 valence electrons. The Kier molecular flexibility index (Phi) is 5.39. The van der Waals surface area contributed by atoms with E-state index >= 15 is 0 Å². The van der Waals surface area contributed by atoms with Crippen LogP contribution < -0.4 is 10.6 Å². The average molecular weight is 307 g/mol. The quantitative estimate of drug-likeness (QED) is 0.627. The van der Waals surface area contributed by atoms with Gasteiger partial charge in [-0.1, -0.05) is 6.92 Å². The van der Waals surface area contributed by atoms with E-state index in [1.807, 2.05) is 18.5 Å². The van der Waals surface area contributed by atoms with E-state index in [9.17, 15) is 0 Å². The van der Waals surface area contributed by atoms with E-state index in [0.29, 0.717) is 24.5 Å². The largest absolute Gasteiger partial charge is 0.352 e. The molecule has 2 atom stereocenters. The van der Waals surface area contributed by atoms with Gasteiger partial charge in [0.2, 0.25) is 0 Å². The molecular formula is C15H29N7. The fraction of sp³-hybridized carbons (Fsp3) is 0.800. The summed E-state index contributed by atoms with van der Waals surface area (Å²) < 4.78 is 1.99. The molecule has 7 heteroatoms. The Labute approximate surface area is 133 Å². The summed E-state index contributed by atoms with van der Waals surface area (Å²) in [6.07, 6.45) is 0. The number of nitrogens with zero attached hydrogens (tertiary/aromatic N) is 5. The molecular weight excluding hydrogens is 278 g/mol. The lowest BCUT2D eigenvalue weighted by molar-refractivity contribution is 0.265. The van der Waals surface area contributed by atoms with Gasteiger partial charge >= 0.3 is 0 Å². The van der Waals surface area contributed by atoms with Crippen molar-refractivity contribution >= 4 is 5.96 Å². The molecule has 1 aliphatic rings. The Morgan fingerprint density at radius 2 is 2.09 bits per heavy atom. The maximum absolute atomic E-state index is 4.33. The van der Waals surface area contributed by atoms with Crippen LogP contribution in [0.15, 0.2) is 4.99 Å². The number of aryl methyl sites for hydroxylation is 1. The van der Waals surface area contributed by atoms with Gasteiger partial charge < -0.3 is 15.2 Å². The highest BCUT2D eigenvalue weighted by Crippen LogP contribution is 2.18. The van der Waals surface area contributed by atoms with Crippen molar-refractivity contribution in [1.29, 1.82) is 0 Å². The fourth-order valence-corrected chi connectivity index (χ4v) is 2.75. The summed E-state index contributed by atoms with van der Waals surface area (Å²) in [5.74, 6) is 3.25. The minimum absolute atomic E-state index is 0.426. The molecule has 0 aromatic carbocycles. The van der Waals surface area contributed by atoms with E-state index in [1.54, 1.807) is 7.05 Å². The first-order chi connectivity index (χ1) is 10.4. The van der Waals surface area contributed by atoms with Crippen LogP contribution in [0, 0.1) is 12.8 Å². The summed E-state index contributed by atoms with van der Waals surface area (Å²) >= 11 is 0. The van der Waals surface area contributed by atoms with Crippen LogP contribution in [0.5, 0.6) is 0 Å². The van der Waals surface area contributed by atoms with Gasteiger partial charge in [0.25, 0.3) is 0 Å². The van der Waals surface area contributed by atoms with Gasteiger partial charge in [0, 0.05) is 39.3 Å². The van der Waals surface area contributed by atoms with E-state index in [0.717, 1.165) is 30.7 Å². The first-order valence-electron chi connectivity index (χ1n) is 7.98. The molecule has 0 spiro atoms. The van der Waals surface area contributed by atoms with Gasteiger partial charge in [0.15, 0.2) is 11.8 Å². The molecule has 2 heterocycles. The standard InChI is InChI=1S/C15H29N7/c1-10(2)22-8-11(3)13(9-22)18-15(16-5)17-7-14-20-19-12(4)21(14)6/h10-11,13H,7-9H2,1-6H3,(H2,16,17,18). The zero-order valence-electron chi connectivity index (χ0n) is 14.6. The van der Waals surface area contributed by atoms with Gasteiger partial charge in [-0.2, -0.15) is 0 Å². The lowest BCUT2D eigenvalue weighted by Gasteiger charge is -2.21. The van der Waals surface area contributed by atoms with Crippen LogP contribution in [0.25, 0.3) is 0 Å². The molecule has 0 saturated carbocycles. The molecule has 0 bridgehead atoms. The third-order valence-corrected chi connectivity index (χ3v) is 4.51. The van der Waals surface area contributed by atoms with Crippen LogP contribution >= 0.6 is 0 Å². The number of nitrogens with one attached hydrogen (secondary N) is 2. The normalized spacial score (nSPS) is 23.3. The van der Waals surface area contributed by atoms with E-state index in [4.69, 9.17) is 0 Å². The minimum atomic E-state index is 0.426. The number of hydrogen-bond acceptors (Lipinski definition) is 4. The van der Waals surface area contributed by atoms with Crippen molar-refractivity contribution < 1.29 is 0 Å². The van der Waals surface area contributed by atoms with Crippen molar-refractivity contribution in [3.05, 3.63) is 11.6 Å². The van der Waals surface area contributed by atoms with Gasteiger partial charge in [-0.25, -0.2) is 0 Å². The molecule has 1 saturated heterocycles. The predicted octanol–water partition coefficient (Wildman–Crippen LogP) is 0.517. The summed E-state index contributed by atoms with van der Waals surface area (Å²) in [4.78, 5) is 6.83. The zero-order valence-corrected chi connectivity index (χ0v) is 14.6. The van der Waals surface area contributed by atoms with Crippen LogP contribution in [-0.2, 0) is 13.6 Å². The second-order valence-corrected chi connectivity index (χ2v) is 6.42. The molecule has 0 aliphatic carbocycles. The van der Waals surface area contributed by atoms with Crippen LogP contribution in [0.3, 0.4) is 0 Å². The maximum atomic E-state index is 4.33. The number of guanidine groups is 1. The van der Waals surface area contributed by atoms with Crippen molar-refractivity contribution in [2.24, 2.45) is 18.0 Å². The second-order valence-electron chi connectivity index (χ2n) is 6.42. The Balaban J connectivity index is 1.89. The highest BCUT2D eigenvalue weighted by Gasteiger charge is 2.31. The van der Waals surface area contributed by atoms with E-state index in [2.05, 4.69) is 51.5 Å². The first kappa shape index (κ1) is 16.7. The van der Waals surface area contributed by atoms with Crippen molar-refractivity contribution in [1.82, 2.24) is 30.3 Å². The summed E-state index contributed by atoms with van der Waals surface area (Å²) in [7, 11) is 3.78. The molecule has 2 N–H and O–H groups in total. The number of aromatic nitrogens is 3. The van der Waals surface area contributed by atoms with Crippen LogP contribution in [0.2, 0.25) is 0 Å². The number of rotatable bonds is 4. The van der Waals surface area contributed by atoms with Gasteiger partial charge in [0.05, 0.1) is 6.54 Å². The first-order valence-corrected chi connectivity index (χ1v) is 7.98. The number of likely N-dealkylation sites (tertiary alicyclic amines) is 1. The highest BCUT2D eigenvalue weighted by molar-refractivity contribution is 5.80. The van der Waals surface area contributed by atoms with Crippen LogP contribution in [0.4, 0.5) is 0 Å². The Morgan fingerprint density at radius 3 is 2.59 bits per heavy atom. The summed E-state index contributed by atoms with van der Waals surface area (Å²) in [6.45, 7) is 11.5. The topological polar surface area (TPSA) is 70.4 Å². The van der Waals surface area contributed by atoms with Gasteiger partial charge in [-0.05, 0) is 26.7 Å². The number of hydrogen-bond donors (Lipinski definition) is 2. The third kappa shape index (κ3) is 3.76. The zero-order chi connectivity index (χ0) is 16.3. The van der Waals surface area contributed by atoms with Crippen LogP contribution in [0.1, 0.15) is 32.4 Å². The van der Waals surface area contributed by atoms with Gasteiger partial charge in [-0.3, -0.25) is 9.89 Å². The maximum Gasteiger partial charge on any atom is 0.191 e. The smallest absolute Gasteiger partial charge is 0.191 e. The molecule has 0 radical (unpaired) electrons. The highest BCUT2D eigenvalue weighted by atomic mass is 15.3. The molecule has 2 unspecified atom stereocenters. The third-order valence-electron chi connectivity index (χ3n) is 4.51. The van der Waals surface area contributed by atoms with Crippen LogP contribution in [-0.4, -0.2) is 57.8 Å². The molecule has 1 aliphatic heterocycles. The molecule has 22 heavy (non-hydrogen) atoms. The van der Waals surface area contributed by atoms with Crippen molar-refractivity contribution in [3.63, 3.8) is 0 Å². The van der Waals surface area contributed by atoms with Gasteiger partial charge in [-0.15, -0.1) is 10.2 Å². The SMILES string of the molecule is CN=C(NCc1nnc(C)n1C)NC1CN(C(C)C)CC1C. The molecule has 1 aromatic rings.